The largest absolute Gasteiger partial charge is 0.457 e. The molecule has 3 heterocycles. The standard InChI is InChI=1S/C30H33N7O2/c1-35(21-11-12-21)16-5-8-25(38)36-17-15-22(18-36)37-29(32)26(27-28(31)33-19-34-30(27)37)20-9-13-24(14-10-20)39-23-6-3-2-4-7-23/h2-10,13-14,19,21-22H,11-12,15-18,32H2,1H3,(H2,31,33,34)/b8-5+. The van der Waals surface area contributed by atoms with Crippen LogP contribution in [0.3, 0.4) is 0 Å². The van der Waals surface area contributed by atoms with Gasteiger partial charge >= 0.3 is 0 Å². The monoisotopic (exact) mass is 523 g/mol. The number of anilines is 2. The number of fused-ring (bicyclic) bond motifs is 1. The van der Waals surface area contributed by atoms with Gasteiger partial charge in [-0.1, -0.05) is 36.4 Å². The van der Waals surface area contributed by atoms with E-state index >= 15 is 0 Å². The van der Waals surface area contributed by atoms with E-state index in [0.29, 0.717) is 36.4 Å². The lowest BCUT2D eigenvalue weighted by molar-refractivity contribution is -0.125. The molecule has 1 saturated heterocycles. The maximum absolute atomic E-state index is 12.9. The summed E-state index contributed by atoms with van der Waals surface area (Å²) >= 11 is 0. The molecule has 0 spiro atoms. The van der Waals surface area contributed by atoms with E-state index in [9.17, 15) is 4.79 Å². The molecule has 1 unspecified atom stereocenters. The van der Waals surface area contributed by atoms with Crippen LogP contribution in [0, 0.1) is 0 Å². The van der Waals surface area contributed by atoms with E-state index in [1.807, 2.05) is 70.1 Å². The summed E-state index contributed by atoms with van der Waals surface area (Å²) in [7, 11) is 2.10. The number of ether oxygens (including phenoxy) is 1. The van der Waals surface area contributed by atoms with E-state index in [1.54, 1.807) is 6.08 Å². The molecule has 1 aliphatic heterocycles. The number of hydrogen-bond acceptors (Lipinski definition) is 7. The normalized spacial score (nSPS) is 17.5. The van der Waals surface area contributed by atoms with Crippen LogP contribution in [0.2, 0.25) is 0 Å². The van der Waals surface area contributed by atoms with Gasteiger partial charge in [-0.15, -0.1) is 0 Å². The Morgan fingerprint density at radius 2 is 1.79 bits per heavy atom. The maximum Gasteiger partial charge on any atom is 0.246 e. The number of hydrogen-bond donors (Lipinski definition) is 2. The van der Waals surface area contributed by atoms with Gasteiger partial charge in [0.05, 0.1) is 11.4 Å². The van der Waals surface area contributed by atoms with Crippen LogP contribution in [0.15, 0.2) is 73.1 Å². The summed E-state index contributed by atoms with van der Waals surface area (Å²) in [6, 6.07) is 18.1. The van der Waals surface area contributed by atoms with Crippen molar-refractivity contribution in [3.8, 4) is 22.6 Å². The summed E-state index contributed by atoms with van der Waals surface area (Å²) in [5.74, 6) is 2.45. The summed E-state index contributed by atoms with van der Waals surface area (Å²) in [6.45, 7) is 2.01. The fraction of sp³-hybridized carbons (Fsp3) is 0.300. The number of carbonyl (C=O) groups excluding carboxylic acids is 1. The molecule has 2 aliphatic rings. The van der Waals surface area contributed by atoms with Crippen molar-refractivity contribution in [2.75, 3.05) is 38.1 Å². The Hall–Kier alpha value is -4.37. The Balaban J connectivity index is 1.25. The topological polar surface area (TPSA) is 116 Å². The minimum absolute atomic E-state index is 0.0114. The number of nitrogens with two attached hydrogens (primary N) is 2. The summed E-state index contributed by atoms with van der Waals surface area (Å²) in [6.07, 6.45) is 8.40. The van der Waals surface area contributed by atoms with E-state index in [0.717, 1.165) is 41.0 Å². The van der Waals surface area contributed by atoms with Gasteiger partial charge in [0.2, 0.25) is 5.91 Å². The van der Waals surface area contributed by atoms with E-state index in [4.69, 9.17) is 16.2 Å². The predicted molar refractivity (Wildman–Crippen MR) is 153 cm³/mol. The van der Waals surface area contributed by atoms with Gasteiger partial charge in [-0.05, 0) is 56.1 Å². The number of benzene rings is 2. The highest BCUT2D eigenvalue weighted by Crippen LogP contribution is 2.42. The molecule has 39 heavy (non-hydrogen) atoms. The minimum Gasteiger partial charge on any atom is -0.457 e. The number of carbonyl (C=O) groups is 1. The van der Waals surface area contributed by atoms with Gasteiger partial charge in [-0.3, -0.25) is 9.69 Å². The van der Waals surface area contributed by atoms with Gasteiger partial charge in [0.25, 0.3) is 0 Å². The Morgan fingerprint density at radius 1 is 1.05 bits per heavy atom. The van der Waals surface area contributed by atoms with E-state index < -0.39 is 0 Å². The van der Waals surface area contributed by atoms with Crippen LogP contribution >= 0.6 is 0 Å². The number of likely N-dealkylation sites (N-methyl/N-ethyl adjacent to an activating group) is 1. The zero-order valence-electron chi connectivity index (χ0n) is 22.0. The molecule has 4 aromatic rings. The quantitative estimate of drug-likeness (QED) is 0.327. The van der Waals surface area contributed by atoms with Crippen molar-refractivity contribution in [3.05, 3.63) is 73.1 Å². The second-order valence-electron chi connectivity index (χ2n) is 10.3. The van der Waals surface area contributed by atoms with Crippen molar-refractivity contribution in [3.63, 3.8) is 0 Å². The highest BCUT2D eigenvalue weighted by molar-refractivity contribution is 6.06. The van der Waals surface area contributed by atoms with E-state index in [2.05, 4.69) is 21.9 Å². The number of nitrogens with zero attached hydrogens (tertiary/aromatic N) is 5. The summed E-state index contributed by atoms with van der Waals surface area (Å²) in [4.78, 5) is 25.9. The molecule has 2 aromatic heterocycles. The number of para-hydroxylation sites is 1. The Kier molecular flexibility index (Phi) is 6.66. The van der Waals surface area contributed by atoms with Gasteiger partial charge < -0.3 is 25.7 Å². The molecular weight excluding hydrogens is 490 g/mol. The summed E-state index contributed by atoms with van der Waals surface area (Å²) in [5, 5.41) is 0.722. The molecule has 1 aliphatic carbocycles. The van der Waals surface area contributed by atoms with Crippen molar-refractivity contribution < 1.29 is 9.53 Å². The summed E-state index contributed by atoms with van der Waals surface area (Å²) < 4.78 is 7.98. The van der Waals surface area contributed by atoms with Crippen molar-refractivity contribution in [2.45, 2.75) is 31.3 Å². The second-order valence-corrected chi connectivity index (χ2v) is 10.3. The van der Waals surface area contributed by atoms with Crippen LogP contribution in [-0.2, 0) is 4.79 Å². The third kappa shape index (κ3) is 5.05. The highest BCUT2D eigenvalue weighted by Gasteiger charge is 2.31. The number of likely N-dealkylation sites (tertiary alicyclic amines) is 1. The molecule has 2 aromatic carbocycles. The zero-order chi connectivity index (χ0) is 26.9. The predicted octanol–water partition coefficient (Wildman–Crippen LogP) is 4.48. The zero-order valence-corrected chi connectivity index (χ0v) is 22.0. The highest BCUT2D eigenvalue weighted by atomic mass is 16.5. The van der Waals surface area contributed by atoms with Crippen LogP contribution in [0.25, 0.3) is 22.2 Å². The molecule has 9 nitrogen and oxygen atoms in total. The van der Waals surface area contributed by atoms with Crippen LogP contribution in [0.5, 0.6) is 11.5 Å². The van der Waals surface area contributed by atoms with Gasteiger partial charge in [0.1, 0.15) is 35.1 Å². The molecule has 1 atom stereocenters. The number of rotatable bonds is 8. The number of amides is 1. The van der Waals surface area contributed by atoms with Crippen molar-refractivity contribution >= 4 is 28.6 Å². The maximum atomic E-state index is 12.9. The lowest BCUT2D eigenvalue weighted by atomic mass is 10.0. The van der Waals surface area contributed by atoms with E-state index in [-0.39, 0.29) is 11.9 Å². The van der Waals surface area contributed by atoms with Crippen LogP contribution in [0.4, 0.5) is 11.6 Å². The fourth-order valence-corrected chi connectivity index (χ4v) is 5.39. The Labute approximate surface area is 227 Å². The molecular formula is C30H33N7O2. The third-order valence-electron chi connectivity index (χ3n) is 7.64. The van der Waals surface area contributed by atoms with Crippen molar-refractivity contribution in [1.82, 2.24) is 24.3 Å². The fourth-order valence-electron chi connectivity index (χ4n) is 5.39. The van der Waals surface area contributed by atoms with Crippen molar-refractivity contribution in [2.24, 2.45) is 0 Å². The average Bonchev–Trinajstić information content (AvgIpc) is 3.61. The second kappa shape index (κ2) is 10.4. The Morgan fingerprint density at radius 3 is 2.54 bits per heavy atom. The molecule has 1 amide bonds. The van der Waals surface area contributed by atoms with Gasteiger partial charge in [-0.2, -0.15) is 0 Å². The number of aromatic nitrogens is 3. The smallest absolute Gasteiger partial charge is 0.246 e. The SMILES string of the molecule is CN(C/C=C/C(=O)N1CCC(n2c(N)c(-c3ccc(Oc4ccccc4)cc3)c3c(N)ncnc32)C1)C1CC1. The first-order valence-electron chi connectivity index (χ1n) is 13.4. The lowest BCUT2D eigenvalue weighted by Gasteiger charge is -2.18. The lowest BCUT2D eigenvalue weighted by Crippen LogP contribution is -2.28. The third-order valence-corrected chi connectivity index (χ3v) is 7.64. The van der Waals surface area contributed by atoms with Gasteiger partial charge in [0.15, 0.2) is 0 Å². The molecule has 4 N–H and O–H groups in total. The molecule has 2 fully saturated rings. The van der Waals surface area contributed by atoms with Gasteiger partial charge in [0, 0.05) is 37.3 Å². The van der Waals surface area contributed by atoms with Gasteiger partial charge in [-0.25, -0.2) is 9.97 Å². The Bertz CT molecular complexity index is 1510. The van der Waals surface area contributed by atoms with Crippen LogP contribution in [0.1, 0.15) is 25.3 Å². The average molecular weight is 524 g/mol. The molecule has 9 heteroatoms. The minimum atomic E-state index is -0.0114. The molecule has 1 saturated carbocycles. The van der Waals surface area contributed by atoms with Crippen LogP contribution < -0.4 is 16.2 Å². The van der Waals surface area contributed by atoms with Crippen LogP contribution in [-0.4, -0.2) is 63.0 Å². The first-order valence-corrected chi connectivity index (χ1v) is 13.4. The molecule has 6 rings (SSSR count). The van der Waals surface area contributed by atoms with Crippen molar-refractivity contribution in [1.29, 1.82) is 0 Å². The summed E-state index contributed by atoms with van der Waals surface area (Å²) in [5.41, 5.74) is 15.5. The molecule has 0 bridgehead atoms. The first kappa shape index (κ1) is 24.9. The number of nitrogen functional groups attached to an aromatic ring is 2. The van der Waals surface area contributed by atoms with E-state index in [1.165, 1.54) is 19.2 Å². The first-order chi connectivity index (χ1) is 19.0. The molecule has 200 valence electrons. The molecule has 0 radical (unpaired) electrons.